The summed E-state index contributed by atoms with van der Waals surface area (Å²) >= 11 is 5.45. The molecule has 1 heterocycles. The minimum absolute atomic E-state index is 0.117. The monoisotopic (exact) mass is 306 g/mol. The number of nitrogen functional groups attached to an aromatic ring is 1. The van der Waals surface area contributed by atoms with Gasteiger partial charge in [0.15, 0.2) is 0 Å². The Labute approximate surface area is 114 Å². The SMILES string of the molecule is Nc1nonc1C(=O)Nc1ccc(Cl)c(C(F)(F)F)c1. The standard InChI is InChI=1S/C10H6ClF3N4O2/c11-6-2-1-4(3-5(6)10(12,13)14)16-9(19)7-8(15)18-20-17-7/h1-3H,(H2,15,18)(H,16,19). The third-order valence-electron chi connectivity index (χ3n) is 2.26. The summed E-state index contributed by atoms with van der Waals surface area (Å²) in [5, 5.41) is 8.12. The predicted molar refractivity (Wildman–Crippen MR) is 63.1 cm³/mol. The van der Waals surface area contributed by atoms with Crippen molar-refractivity contribution in [3.8, 4) is 0 Å². The van der Waals surface area contributed by atoms with Crippen molar-refractivity contribution in [1.82, 2.24) is 10.3 Å². The molecule has 1 aromatic carbocycles. The average molecular weight is 307 g/mol. The van der Waals surface area contributed by atoms with Crippen LogP contribution in [-0.4, -0.2) is 16.2 Å². The molecular formula is C10H6ClF3N4O2. The molecule has 0 bridgehead atoms. The van der Waals surface area contributed by atoms with Gasteiger partial charge in [-0.3, -0.25) is 4.79 Å². The molecule has 0 unspecified atom stereocenters. The van der Waals surface area contributed by atoms with Gasteiger partial charge in [0.25, 0.3) is 5.91 Å². The maximum Gasteiger partial charge on any atom is 0.417 e. The molecule has 0 aliphatic carbocycles. The molecule has 1 aromatic heterocycles. The number of nitrogens with zero attached hydrogens (tertiary/aromatic N) is 2. The van der Waals surface area contributed by atoms with Crippen LogP contribution in [-0.2, 0) is 6.18 Å². The normalized spacial score (nSPS) is 11.4. The lowest BCUT2D eigenvalue weighted by molar-refractivity contribution is -0.137. The van der Waals surface area contributed by atoms with Crippen LogP contribution < -0.4 is 11.1 Å². The van der Waals surface area contributed by atoms with E-state index in [4.69, 9.17) is 17.3 Å². The Bertz CT molecular complexity index is 656. The highest BCUT2D eigenvalue weighted by molar-refractivity contribution is 6.31. The van der Waals surface area contributed by atoms with Crippen LogP contribution in [0.3, 0.4) is 0 Å². The minimum atomic E-state index is -4.63. The van der Waals surface area contributed by atoms with Gasteiger partial charge in [0, 0.05) is 5.69 Å². The van der Waals surface area contributed by atoms with Crippen LogP contribution in [0, 0.1) is 0 Å². The smallest absolute Gasteiger partial charge is 0.379 e. The fraction of sp³-hybridized carbons (Fsp3) is 0.100. The number of hydrogen-bond donors (Lipinski definition) is 2. The molecule has 1 amide bonds. The second-order valence-corrected chi connectivity index (χ2v) is 4.05. The van der Waals surface area contributed by atoms with E-state index in [0.29, 0.717) is 6.07 Å². The molecule has 0 spiro atoms. The van der Waals surface area contributed by atoms with Crippen molar-refractivity contribution in [3.63, 3.8) is 0 Å². The lowest BCUT2D eigenvalue weighted by atomic mass is 10.2. The molecule has 0 aliphatic heterocycles. The molecule has 6 nitrogen and oxygen atoms in total. The lowest BCUT2D eigenvalue weighted by Crippen LogP contribution is -2.15. The number of hydrogen-bond acceptors (Lipinski definition) is 5. The third kappa shape index (κ3) is 2.82. The predicted octanol–water partition coefficient (Wildman–Crippen LogP) is 2.58. The zero-order valence-corrected chi connectivity index (χ0v) is 10.3. The van der Waals surface area contributed by atoms with E-state index in [1.807, 2.05) is 0 Å². The number of alkyl halides is 3. The second-order valence-electron chi connectivity index (χ2n) is 3.64. The highest BCUT2D eigenvalue weighted by Gasteiger charge is 2.33. The van der Waals surface area contributed by atoms with Crippen molar-refractivity contribution < 1.29 is 22.6 Å². The first-order valence-electron chi connectivity index (χ1n) is 5.05. The molecule has 2 rings (SSSR count). The van der Waals surface area contributed by atoms with Gasteiger partial charge in [-0.15, -0.1) is 0 Å². The van der Waals surface area contributed by atoms with Crippen molar-refractivity contribution in [3.05, 3.63) is 34.5 Å². The number of aromatic nitrogens is 2. The van der Waals surface area contributed by atoms with E-state index in [2.05, 4.69) is 20.3 Å². The van der Waals surface area contributed by atoms with Gasteiger partial charge in [-0.05, 0) is 28.5 Å². The zero-order valence-electron chi connectivity index (χ0n) is 9.53. The lowest BCUT2D eigenvalue weighted by Gasteiger charge is -2.11. The van der Waals surface area contributed by atoms with E-state index in [9.17, 15) is 18.0 Å². The van der Waals surface area contributed by atoms with Gasteiger partial charge in [-0.1, -0.05) is 11.6 Å². The molecule has 20 heavy (non-hydrogen) atoms. The van der Waals surface area contributed by atoms with Crippen LogP contribution in [0.2, 0.25) is 5.02 Å². The number of carbonyl (C=O) groups excluding carboxylic acids is 1. The third-order valence-corrected chi connectivity index (χ3v) is 2.59. The molecule has 106 valence electrons. The second kappa shape index (κ2) is 5.00. The van der Waals surface area contributed by atoms with E-state index in [1.165, 1.54) is 6.07 Å². The van der Waals surface area contributed by atoms with Gasteiger partial charge < -0.3 is 11.1 Å². The Morgan fingerprint density at radius 2 is 2.05 bits per heavy atom. The van der Waals surface area contributed by atoms with Gasteiger partial charge in [0.1, 0.15) is 0 Å². The number of halogens is 4. The molecule has 0 saturated carbocycles. The average Bonchev–Trinajstić information content (AvgIpc) is 2.76. The van der Waals surface area contributed by atoms with Crippen molar-refractivity contribution in [1.29, 1.82) is 0 Å². The van der Waals surface area contributed by atoms with Crippen molar-refractivity contribution in [2.75, 3.05) is 11.1 Å². The van der Waals surface area contributed by atoms with E-state index < -0.39 is 22.7 Å². The molecular weight excluding hydrogens is 301 g/mol. The first-order chi connectivity index (χ1) is 9.29. The Kier molecular flexibility index (Phi) is 3.53. The topological polar surface area (TPSA) is 94.0 Å². The fourth-order valence-corrected chi connectivity index (χ4v) is 1.59. The number of amides is 1. The van der Waals surface area contributed by atoms with Crippen LogP contribution in [0.25, 0.3) is 0 Å². The van der Waals surface area contributed by atoms with Gasteiger partial charge >= 0.3 is 6.18 Å². The number of benzene rings is 1. The van der Waals surface area contributed by atoms with Crippen molar-refractivity contribution in [2.45, 2.75) is 6.18 Å². The molecule has 0 radical (unpaired) electrons. The Morgan fingerprint density at radius 3 is 2.60 bits per heavy atom. The number of anilines is 2. The molecule has 0 atom stereocenters. The van der Waals surface area contributed by atoms with Crippen LogP contribution >= 0.6 is 11.6 Å². The number of rotatable bonds is 2. The van der Waals surface area contributed by atoms with E-state index >= 15 is 0 Å². The highest BCUT2D eigenvalue weighted by atomic mass is 35.5. The van der Waals surface area contributed by atoms with E-state index in [-0.39, 0.29) is 17.2 Å². The number of nitrogens with two attached hydrogens (primary N) is 1. The number of nitrogens with one attached hydrogen (secondary N) is 1. The van der Waals surface area contributed by atoms with Gasteiger partial charge in [0.05, 0.1) is 10.6 Å². The largest absolute Gasteiger partial charge is 0.417 e. The van der Waals surface area contributed by atoms with Crippen LogP contribution in [0.5, 0.6) is 0 Å². The summed E-state index contributed by atoms with van der Waals surface area (Å²) < 4.78 is 42.2. The summed E-state index contributed by atoms with van der Waals surface area (Å²) in [5.74, 6) is -1.12. The summed E-state index contributed by atoms with van der Waals surface area (Å²) in [6.45, 7) is 0. The van der Waals surface area contributed by atoms with Crippen LogP contribution in [0.4, 0.5) is 24.7 Å². The summed E-state index contributed by atoms with van der Waals surface area (Å²) in [4.78, 5) is 11.7. The Morgan fingerprint density at radius 1 is 1.35 bits per heavy atom. The summed E-state index contributed by atoms with van der Waals surface area (Å²) in [7, 11) is 0. The Balaban J connectivity index is 2.27. The molecule has 0 fully saturated rings. The molecule has 10 heteroatoms. The van der Waals surface area contributed by atoms with Crippen LogP contribution in [0.1, 0.15) is 16.1 Å². The minimum Gasteiger partial charge on any atom is -0.379 e. The summed E-state index contributed by atoms with van der Waals surface area (Å²) in [6.07, 6.45) is -4.63. The summed E-state index contributed by atoms with van der Waals surface area (Å²) in [5.41, 5.74) is 3.78. The van der Waals surface area contributed by atoms with E-state index in [1.54, 1.807) is 0 Å². The van der Waals surface area contributed by atoms with Gasteiger partial charge in [-0.2, -0.15) is 13.2 Å². The van der Waals surface area contributed by atoms with E-state index in [0.717, 1.165) is 6.07 Å². The zero-order chi connectivity index (χ0) is 14.9. The number of carbonyl (C=O) groups is 1. The van der Waals surface area contributed by atoms with Gasteiger partial charge in [0.2, 0.25) is 11.5 Å². The van der Waals surface area contributed by atoms with Crippen LogP contribution in [0.15, 0.2) is 22.8 Å². The maximum atomic E-state index is 12.6. The highest BCUT2D eigenvalue weighted by Crippen LogP contribution is 2.36. The first-order valence-corrected chi connectivity index (χ1v) is 5.43. The molecule has 2 aromatic rings. The summed E-state index contributed by atoms with van der Waals surface area (Å²) in [6, 6.07) is 2.92. The molecule has 3 N–H and O–H groups in total. The van der Waals surface area contributed by atoms with Gasteiger partial charge in [-0.25, -0.2) is 4.63 Å². The fourth-order valence-electron chi connectivity index (χ4n) is 1.36. The van der Waals surface area contributed by atoms with Crippen molar-refractivity contribution in [2.24, 2.45) is 0 Å². The van der Waals surface area contributed by atoms with Crippen molar-refractivity contribution >= 4 is 29.0 Å². The Hall–Kier alpha value is -2.29. The first kappa shape index (κ1) is 14.1. The quantitative estimate of drug-likeness (QED) is 0.889. The maximum absolute atomic E-state index is 12.6. The molecule has 0 aliphatic rings. The molecule has 0 saturated heterocycles.